The predicted octanol–water partition coefficient (Wildman–Crippen LogP) is 4.13. The molecule has 0 radical (unpaired) electrons. The van der Waals surface area contributed by atoms with Gasteiger partial charge in [-0.15, -0.1) is 0 Å². The van der Waals surface area contributed by atoms with Crippen molar-refractivity contribution < 1.29 is 9.15 Å². The largest absolute Gasteiger partial charge is 0.467 e. The van der Waals surface area contributed by atoms with Crippen LogP contribution in [0, 0.1) is 6.92 Å². The van der Waals surface area contributed by atoms with Gasteiger partial charge in [-0.2, -0.15) is 0 Å². The average Bonchev–Trinajstić information content (AvgIpc) is 3.00. The van der Waals surface area contributed by atoms with Gasteiger partial charge >= 0.3 is 0 Å². The van der Waals surface area contributed by atoms with Gasteiger partial charge in [0.1, 0.15) is 12.4 Å². The Morgan fingerprint density at radius 3 is 2.95 bits per heavy atom. The number of nitrogens with one attached hydrogen (secondary N) is 2. The third-order valence-corrected chi connectivity index (χ3v) is 3.66. The molecule has 1 aromatic carbocycles. The van der Waals surface area contributed by atoms with E-state index in [-0.39, 0.29) is 0 Å². The SMILES string of the molecule is Cc1ccc(NC(=S)NCCCOCc2ccco2)cc1Cl. The zero-order valence-electron chi connectivity index (χ0n) is 12.4. The summed E-state index contributed by atoms with van der Waals surface area (Å²) in [6.45, 7) is 3.85. The summed E-state index contributed by atoms with van der Waals surface area (Å²) < 4.78 is 10.7. The van der Waals surface area contributed by atoms with Gasteiger partial charge in [0.2, 0.25) is 0 Å². The van der Waals surface area contributed by atoms with E-state index in [1.54, 1.807) is 6.26 Å². The lowest BCUT2D eigenvalue weighted by atomic mass is 10.2. The first kappa shape index (κ1) is 16.8. The molecule has 2 rings (SSSR count). The number of benzene rings is 1. The highest BCUT2D eigenvalue weighted by molar-refractivity contribution is 7.80. The van der Waals surface area contributed by atoms with Crippen LogP contribution in [-0.2, 0) is 11.3 Å². The van der Waals surface area contributed by atoms with Crippen LogP contribution in [0.15, 0.2) is 41.0 Å². The van der Waals surface area contributed by atoms with Crippen LogP contribution < -0.4 is 10.6 Å². The van der Waals surface area contributed by atoms with Crippen LogP contribution >= 0.6 is 23.8 Å². The molecule has 1 aromatic heterocycles. The Labute approximate surface area is 140 Å². The van der Waals surface area contributed by atoms with E-state index in [2.05, 4.69) is 10.6 Å². The minimum absolute atomic E-state index is 0.498. The lowest BCUT2D eigenvalue weighted by Gasteiger charge is -2.11. The monoisotopic (exact) mass is 338 g/mol. The van der Waals surface area contributed by atoms with Gasteiger partial charge in [0.05, 0.1) is 6.26 Å². The smallest absolute Gasteiger partial charge is 0.170 e. The average molecular weight is 339 g/mol. The first-order valence-electron chi connectivity index (χ1n) is 7.06. The van der Waals surface area contributed by atoms with Crippen molar-refractivity contribution in [3.05, 3.63) is 52.9 Å². The van der Waals surface area contributed by atoms with Gasteiger partial charge in [0.15, 0.2) is 5.11 Å². The van der Waals surface area contributed by atoms with Crippen molar-refractivity contribution in [2.45, 2.75) is 20.0 Å². The highest BCUT2D eigenvalue weighted by Gasteiger charge is 2.01. The van der Waals surface area contributed by atoms with Crippen LogP contribution in [0.5, 0.6) is 0 Å². The van der Waals surface area contributed by atoms with Crippen LogP contribution in [-0.4, -0.2) is 18.3 Å². The highest BCUT2D eigenvalue weighted by Crippen LogP contribution is 2.19. The maximum absolute atomic E-state index is 6.07. The summed E-state index contributed by atoms with van der Waals surface area (Å²) in [5.74, 6) is 0.835. The summed E-state index contributed by atoms with van der Waals surface area (Å²) >= 11 is 11.3. The molecule has 4 nitrogen and oxygen atoms in total. The highest BCUT2D eigenvalue weighted by atomic mass is 35.5. The standard InChI is InChI=1S/C16H19ClN2O2S/c1-12-5-6-13(10-15(12)17)19-16(22)18-7-3-8-20-11-14-4-2-9-21-14/h2,4-6,9-10H,3,7-8,11H2,1H3,(H2,18,19,22). The third-order valence-electron chi connectivity index (χ3n) is 3.01. The van der Waals surface area contributed by atoms with Gasteiger partial charge in [0.25, 0.3) is 0 Å². The minimum atomic E-state index is 0.498. The second kappa shape index (κ2) is 8.78. The molecule has 2 N–H and O–H groups in total. The summed E-state index contributed by atoms with van der Waals surface area (Å²) in [4.78, 5) is 0. The van der Waals surface area contributed by atoms with Crippen LogP contribution in [0.3, 0.4) is 0 Å². The van der Waals surface area contributed by atoms with E-state index < -0.39 is 0 Å². The van der Waals surface area contributed by atoms with E-state index in [9.17, 15) is 0 Å². The number of thiocarbonyl (C=S) groups is 1. The molecule has 2 aromatic rings. The molecule has 0 spiro atoms. The van der Waals surface area contributed by atoms with Crippen molar-refractivity contribution in [1.82, 2.24) is 5.32 Å². The Balaban J connectivity index is 1.58. The fourth-order valence-corrected chi connectivity index (χ4v) is 2.19. The fraction of sp³-hybridized carbons (Fsp3) is 0.312. The molecule has 0 aliphatic rings. The number of hydrogen-bond acceptors (Lipinski definition) is 3. The number of rotatable bonds is 7. The molecule has 0 aliphatic heterocycles. The third kappa shape index (κ3) is 5.67. The van der Waals surface area contributed by atoms with Crippen molar-refractivity contribution in [2.75, 3.05) is 18.5 Å². The van der Waals surface area contributed by atoms with Gasteiger partial charge in [-0.05, 0) is 55.4 Å². The number of ether oxygens (including phenoxy) is 1. The molecule has 0 saturated carbocycles. The Kier molecular flexibility index (Phi) is 6.71. The molecule has 118 valence electrons. The lowest BCUT2D eigenvalue weighted by molar-refractivity contribution is 0.105. The second-order valence-corrected chi connectivity index (χ2v) is 5.65. The molecule has 6 heteroatoms. The summed E-state index contributed by atoms with van der Waals surface area (Å²) in [5.41, 5.74) is 1.92. The summed E-state index contributed by atoms with van der Waals surface area (Å²) in [6, 6.07) is 9.50. The first-order chi connectivity index (χ1) is 10.6. The van der Waals surface area contributed by atoms with Gasteiger partial charge in [-0.25, -0.2) is 0 Å². The van der Waals surface area contributed by atoms with Crippen LogP contribution in [0.25, 0.3) is 0 Å². The maximum atomic E-state index is 6.07. The Morgan fingerprint density at radius 2 is 2.23 bits per heavy atom. The molecule has 0 saturated heterocycles. The van der Waals surface area contributed by atoms with Crippen molar-refractivity contribution in [2.24, 2.45) is 0 Å². The van der Waals surface area contributed by atoms with E-state index in [4.69, 9.17) is 33.0 Å². The molecule has 1 heterocycles. The summed E-state index contributed by atoms with van der Waals surface area (Å²) in [6.07, 6.45) is 2.50. The number of anilines is 1. The van der Waals surface area contributed by atoms with E-state index in [1.807, 2.05) is 37.3 Å². The van der Waals surface area contributed by atoms with Crippen LogP contribution in [0.4, 0.5) is 5.69 Å². The molecule has 0 amide bonds. The molecular formula is C16H19ClN2O2S. The number of aryl methyl sites for hydroxylation is 1. The predicted molar refractivity (Wildman–Crippen MR) is 93.4 cm³/mol. The normalized spacial score (nSPS) is 10.5. The van der Waals surface area contributed by atoms with Crippen molar-refractivity contribution in [3.63, 3.8) is 0 Å². The molecule has 0 bridgehead atoms. The molecule has 0 fully saturated rings. The van der Waals surface area contributed by atoms with Crippen molar-refractivity contribution in [1.29, 1.82) is 0 Å². The van der Waals surface area contributed by atoms with E-state index >= 15 is 0 Å². The molecule has 0 aliphatic carbocycles. The molecule has 22 heavy (non-hydrogen) atoms. The second-order valence-electron chi connectivity index (χ2n) is 4.83. The lowest BCUT2D eigenvalue weighted by Crippen LogP contribution is -2.29. The van der Waals surface area contributed by atoms with Gasteiger partial charge in [0, 0.05) is 23.9 Å². The Bertz CT molecular complexity index is 602. The van der Waals surface area contributed by atoms with Crippen LogP contribution in [0.1, 0.15) is 17.7 Å². The topological polar surface area (TPSA) is 46.4 Å². The van der Waals surface area contributed by atoms with E-state index in [1.165, 1.54) is 0 Å². The molecule has 0 atom stereocenters. The van der Waals surface area contributed by atoms with E-state index in [0.717, 1.165) is 35.0 Å². The zero-order valence-corrected chi connectivity index (χ0v) is 14.0. The van der Waals surface area contributed by atoms with Gasteiger partial charge in [-0.1, -0.05) is 17.7 Å². The first-order valence-corrected chi connectivity index (χ1v) is 7.85. The molecular weight excluding hydrogens is 320 g/mol. The molecule has 0 unspecified atom stereocenters. The van der Waals surface area contributed by atoms with E-state index in [0.29, 0.717) is 18.3 Å². The number of halogens is 1. The van der Waals surface area contributed by atoms with Crippen molar-refractivity contribution >= 4 is 34.6 Å². The minimum Gasteiger partial charge on any atom is -0.467 e. The number of furan rings is 1. The zero-order chi connectivity index (χ0) is 15.8. The maximum Gasteiger partial charge on any atom is 0.170 e. The van der Waals surface area contributed by atoms with Gasteiger partial charge in [-0.3, -0.25) is 0 Å². The summed E-state index contributed by atoms with van der Waals surface area (Å²) in [7, 11) is 0. The van der Waals surface area contributed by atoms with Gasteiger partial charge < -0.3 is 19.8 Å². The fourth-order valence-electron chi connectivity index (χ4n) is 1.79. The van der Waals surface area contributed by atoms with Crippen molar-refractivity contribution in [3.8, 4) is 0 Å². The summed E-state index contributed by atoms with van der Waals surface area (Å²) in [5, 5.41) is 7.53. The quantitative estimate of drug-likeness (QED) is 0.587. The Hall–Kier alpha value is -1.56. The number of hydrogen-bond donors (Lipinski definition) is 2. The Morgan fingerprint density at radius 1 is 1.36 bits per heavy atom. The van der Waals surface area contributed by atoms with Crippen LogP contribution in [0.2, 0.25) is 5.02 Å².